The van der Waals surface area contributed by atoms with Crippen molar-refractivity contribution in [2.75, 3.05) is 0 Å². The molecule has 0 saturated carbocycles. The molecule has 2 rings (SSSR count). The molecule has 0 aliphatic rings. The molecule has 2 aromatic rings. The maximum absolute atomic E-state index is 12.7. The third kappa shape index (κ3) is 5.12. The van der Waals surface area contributed by atoms with E-state index in [1.165, 1.54) is 6.07 Å². The van der Waals surface area contributed by atoms with Gasteiger partial charge in [0.15, 0.2) is 0 Å². The van der Waals surface area contributed by atoms with Gasteiger partial charge in [0.05, 0.1) is 11.6 Å². The van der Waals surface area contributed by atoms with E-state index in [0.717, 1.165) is 12.1 Å². The summed E-state index contributed by atoms with van der Waals surface area (Å²) in [7, 11) is 0. The number of benzene rings is 1. The van der Waals surface area contributed by atoms with Crippen LogP contribution in [0, 0.1) is 0 Å². The van der Waals surface area contributed by atoms with Gasteiger partial charge in [0.25, 0.3) is 0 Å². The first-order valence-electron chi connectivity index (χ1n) is 7.30. The lowest BCUT2D eigenvalue weighted by atomic mass is 10.0. The van der Waals surface area contributed by atoms with E-state index in [1.54, 1.807) is 29.9 Å². The Hall–Kier alpha value is -2.31. The first kappa shape index (κ1) is 17.1. The van der Waals surface area contributed by atoms with Gasteiger partial charge in [-0.1, -0.05) is 12.1 Å². The van der Waals surface area contributed by atoms with Crippen LogP contribution < -0.4 is 5.32 Å². The molecular formula is C16H18F3N3O. The summed E-state index contributed by atoms with van der Waals surface area (Å²) in [4.78, 5) is 11.9. The molecule has 4 nitrogen and oxygen atoms in total. The van der Waals surface area contributed by atoms with E-state index in [9.17, 15) is 18.0 Å². The maximum Gasteiger partial charge on any atom is 0.416 e. The van der Waals surface area contributed by atoms with Crippen LogP contribution in [0.3, 0.4) is 0 Å². The van der Waals surface area contributed by atoms with Gasteiger partial charge in [0.1, 0.15) is 0 Å². The fourth-order valence-electron chi connectivity index (χ4n) is 2.22. The third-order valence-electron chi connectivity index (χ3n) is 3.44. The highest BCUT2D eigenvalue weighted by molar-refractivity contribution is 5.76. The number of hydrogen-bond acceptors (Lipinski definition) is 2. The topological polar surface area (TPSA) is 46.9 Å². The number of carbonyl (C=O) groups is 1. The molecule has 0 aliphatic carbocycles. The first-order valence-corrected chi connectivity index (χ1v) is 7.30. The largest absolute Gasteiger partial charge is 0.416 e. The van der Waals surface area contributed by atoms with Crippen molar-refractivity contribution >= 4 is 5.91 Å². The van der Waals surface area contributed by atoms with Gasteiger partial charge in [-0.05, 0) is 37.1 Å². The van der Waals surface area contributed by atoms with Crippen LogP contribution in [0.15, 0.2) is 42.7 Å². The summed E-state index contributed by atoms with van der Waals surface area (Å²) < 4.78 is 39.8. The minimum atomic E-state index is -4.39. The summed E-state index contributed by atoms with van der Waals surface area (Å²) in [5.74, 6) is -0.193. The lowest BCUT2D eigenvalue weighted by molar-refractivity contribution is -0.137. The van der Waals surface area contributed by atoms with Gasteiger partial charge in [-0.15, -0.1) is 0 Å². The second-order valence-electron chi connectivity index (χ2n) is 5.29. The summed E-state index contributed by atoms with van der Waals surface area (Å²) >= 11 is 0. The number of hydrogen-bond donors (Lipinski definition) is 1. The number of halogens is 3. The molecule has 1 heterocycles. The predicted octanol–water partition coefficient (Wildman–Crippen LogP) is 3.56. The summed E-state index contributed by atoms with van der Waals surface area (Å²) in [6, 6.07) is 6.32. The van der Waals surface area contributed by atoms with Gasteiger partial charge in [0.2, 0.25) is 5.91 Å². The minimum absolute atomic E-state index is 0.193. The van der Waals surface area contributed by atoms with Gasteiger partial charge in [-0.3, -0.25) is 9.48 Å². The number of nitrogens with one attached hydrogen (secondary N) is 1. The number of carbonyl (C=O) groups excluding carboxylic acids is 1. The molecule has 1 aromatic heterocycles. The highest BCUT2D eigenvalue weighted by Crippen LogP contribution is 2.30. The van der Waals surface area contributed by atoms with E-state index in [1.807, 2.05) is 6.20 Å². The molecule has 0 fully saturated rings. The summed E-state index contributed by atoms with van der Waals surface area (Å²) in [6.45, 7) is 2.29. The number of amides is 1. The molecule has 0 bridgehead atoms. The molecule has 1 N–H and O–H groups in total. The zero-order chi connectivity index (χ0) is 16.9. The van der Waals surface area contributed by atoms with Crippen LogP contribution in [-0.2, 0) is 17.5 Å². The highest BCUT2D eigenvalue weighted by Gasteiger charge is 2.30. The highest BCUT2D eigenvalue weighted by atomic mass is 19.4. The van der Waals surface area contributed by atoms with E-state index in [-0.39, 0.29) is 5.91 Å². The fraction of sp³-hybridized carbons (Fsp3) is 0.375. The van der Waals surface area contributed by atoms with Gasteiger partial charge in [-0.2, -0.15) is 18.3 Å². The molecule has 1 aromatic carbocycles. The summed E-state index contributed by atoms with van der Waals surface area (Å²) in [5, 5.41) is 6.75. The quantitative estimate of drug-likeness (QED) is 0.883. The van der Waals surface area contributed by atoms with Crippen molar-refractivity contribution in [3.05, 3.63) is 53.9 Å². The van der Waals surface area contributed by atoms with Crippen LogP contribution in [0.1, 0.15) is 36.9 Å². The monoisotopic (exact) mass is 325 g/mol. The van der Waals surface area contributed by atoms with Crippen LogP contribution in [0.5, 0.6) is 0 Å². The number of aromatic nitrogens is 2. The Bertz CT molecular complexity index is 638. The lowest BCUT2D eigenvalue weighted by Crippen LogP contribution is -2.26. The number of alkyl halides is 3. The Labute approximate surface area is 132 Å². The van der Waals surface area contributed by atoms with Crippen LogP contribution in [0.2, 0.25) is 0 Å². The van der Waals surface area contributed by atoms with E-state index in [4.69, 9.17) is 0 Å². The zero-order valence-electron chi connectivity index (χ0n) is 12.7. The van der Waals surface area contributed by atoms with Crippen LogP contribution in [-0.4, -0.2) is 15.7 Å². The van der Waals surface area contributed by atoms with Gasteiger partial charge < -0.3 is 5.32 Å². The fourth-order valence-corrected chi connectivity index (χ4v) is 2.22. The van der Waals surface area contributed by atoms with Gasteiger partial charge in [0, 0.05) is 25.4 Å². The van der Waals surface area contributed by atoms with Gasteiger partial charge in [-0.25, -0.2) is 0 Å². The zero-order valence-corrected chi connectivity index (χ0v) is 12.7. The standard InChI is InChI=1S/C16H18F3N3O/c1-12(13-5-2-6-14(11-13)16(17,18)19)21-15(23)7-3-9-22-10-4-8-20-22/h2,4-6,8,10-12H,3,7,9H2,1H3,(H,21,23)/t12-/m1/s1. The second kappa shape index (κ2) is 7.30. The SMILES string of the molecule is C[C@@H](NC(=O)CCCn1cccn1)c1cccc(C(F)(F)F)c1. The number of aryl methyl sites for hydroxylation is 1. The van der Waals surface area contributed by atoms with Crippen molar-refractivity contribution in [2.45, 2.75) is 38.5 Å². The van der Waals surface area contributed by atoms with E-state index < -0.39 is 17.8 Å². The average molecular weight is 325 g/mol. The van der Waals surface area contributed by atoms with Crippen molar-refractivity contribution in [3.63, 3.8) is 0 Å². The Morgan fingerprint density at radius 1 is 1.35 bits per heavy atom. The Morgan fingerprint density at radius 2 is 2.13 bits per heavy atom. The molecule has 1 atom stereocenters. The van der Waals surface area contributed by atoms with Crippen LogP contribution >= 0.6 is 0 Å². The van der Waals surface area contributed by atoms with Crippen molar-refractivity contribution in [2.24, 2.45) is 0 Å². The molecule has 124 valence electrons. The Morgan fingerprint density at radius 3 is 2.78 bits per heavy atom. The molecule has 1 amide bonds. The van der Waals surface area contributed by atoms with E-state index in [0.29, 0.717) is 24.9 Å². The molecule has 23 heavy (non-hydrogen) atoms. The van der Waals surface area contributed by atoms with Crippen molar-refractivity contribution in [1.29, 1.82) is 0 Å². The number of rotatable bonds is 6. The van der Waals surface area contributed by atoms with Crippen LogP contribution in [0.4, 0.5) is 13.2 Å². The smallest absolute Gasteiger partial charge is 0.350 e. The third-order valence-corrected chi connectivity index (χ3v) is 3.44. The van der Waals surface area contributed by atoms with Crippen molar-refractivity contribution in [1.82, 2.24) is 15.1 Å². The molecule has 0 unspecified atom stereocenters. The predicted molar refractivity (Wildman–Crippen MR) is 79.5 cm³/mol. The van der Waals surface area contributed by atoms with Gasteiger partial charge >= 0.3 is 6.18 Å². The molecule has 0 spiro atoms. The molecular weight excluding hydrogens is 307 g/mol. The Balaban J connectivity index is 1.86. The molecule has 0 radical (unpaired) electrons. The summed E-state index contributed by atoms with van der Waals surface area (Å²) in [6.07, 6.45) is -0.00552. The minimum Gasteiger partial charge on any atom is -0.350 e. The van der Waals surface area contributed by atoms with Crippen molar-refractivity contribution in [3.8, 4) is 0 Å². The molecule has 0 saturated heterocycles. The van der Waals surface area contributed by atoms with Crippen molar-refractivity contribution < 1.29 is 18.0 Å². The lowest BCUT2D eigenvalue weighted by Gasteiger charge is -2.16. The molecule has 7 heteroatoms. The second-order valence-corrected chi connectivity index (χ2v) is 5.29. The molecule has 0 aliphatic heterocycles. The summed E-state index contributed by atoms with van der Waals surface area (Å²) in [5.41, 5.74) is -0.282. The average Bonchev–Trinajstić information content (AvgIpc) is 2.99. The van der Waals surface area contributed by atoms with E-state index >= 15 is 0 Å². The van der Waals surface area contributed by atoms with E-state index in [2.05, 4.69) is 10.4 Å². The number of nitrogens with zero attached hydrogens (tertiary/aromatic N) is 2. The Kier molecular flexibility index (Phi) is 5.41. The van der Waals surface area contributed by atoms with Crippen LogP contribution in [0.25, 0.3) is 0 Å². The first-order chi connectivity index (χ1) is 10.9. The normalized spacial score (nSPS) is 12.9. The maximum atomic E-state index is 12.7.